The number of rotatable bonds is 6. The molecular formula is C21H30N4OS. The second kappa shape index (κ2) is 9.04. The molecule has 2 heterocycles. The fourth-order valence-corrected chi connectivity index (χ4v) is 3.74. The predicted octanol–water partition coefficient (Wildman–Crippen LogP) is 3.04. The molecule has 5 nitrogen and oxygen atoms in total. The third kappa shape index (κ3) is 5.21. The van der Waals surface area contributed by atoms with Crippen molar-refractivity contribution >= 4 is 11.8 Å². The summed E-state index contributed by atoms with van der Waals surface area (Å²) in [6, 6.07) is 10.4. The molecule has 6 heteroatoms. The molecule has 0 spiro atoms. The molecule has 1 fully saturated rings. The molecule has 0 unspecified atom stereocenters. The van der Waals surface area contributed by atoms with E-state index in [1.807, 2.05) is 6.07 Å². The first-order valence-corrected chi connectivity index (χ1v) is 10.8. The van der Waals surface area contributed by atoms with Gasteiger partial charge >= 0.3 is 0 Å². The summed E-state index contributed by atoms with van der Waals surface area (Å²) in [7, 11) is 2.15. The number of thioether (sulfide) groups is 1. The summed E-state index contributed by atoms with van der Waals surface area (Å²) >= 11 is 1.73. The minimum atomic E-state index is 0.0483. The normalized spacial score (nSPS) is 16.2. The summed E-state index contributed by atoms with van der Waals surface area (Å²) in [5, 5.41) is 4.67. The van der Waals surface area contributed by atoms with E-state index in [0.717, 1.165) is 43.0 Å². The average molecular weight is 387 g/mol. The molecule has 3 rings (SSSR count). The van der Waals surface area contributed by atoms with Crippen LogP contribution in [0.25, 0.3) is 11.3 Å². The molecule has 0 saturated carbocycles. The molecule has 1 aliphatic rings. The van der Waals surface area contributed by atoms with Crippen LogP contribution in [0.3, 0.4) is 0 Å². The fourth-order valence-electron chi connectivity index (χ4n) is 3.33. The van der Waals surface area contributed by atoms with Crippen molar-refractivity contribution < 1.29 is 0 Å². The van der Waals surface area contributed by atoms with Gasteiger partial charge in [0, 0.05) is 55.3 Å². The Balaban J connectivity index is 1.94. The van der Waals surface area contributed by atoms with Crippen LogP contribution >= 0.6 is 11.8 Å². The molecule has 1 aromatic heterocycles. The summed E-state index contributed by atoms with van der Waals surface area (Å²) in [4.78, 5) is 18.9. The van der Waals surface area contributed by atoms with Crippen molar-refractivity contribution in [3.05, 3.63) is 46.2 Å². The molecule has 1 saturated heterocycles. The third-order valence-corrected chi connectivity index (χ3v) is 5.71. The second-order valence-corrected chi connectivity index (χ2v) is 8.62. The van der Waals surface area contributed by atoms with Crippen LogP contribution in [0.4, 0.5) is 0 Å². The molecule has 1 aliphatic heterocycles. The van der Waals surface area contributed by atoms with Crippen LogP contribution < -0.4 is 5.56 Å². The second-order valence-electron chi connectivity index (χ2n) is 7.74. The maximum absolute atomic E-state index is 13.0. The van der Waals surface area contributed by atoms with Gasteiger partial charge in [0.15, 0.2) is 0 Å². The van der Waals surface area contributed by atoms with E-state index in [4.69, 9.17) is 0 Å². The predicted molar refractivity (Wildman–Crippen MR) is 113 cm³/mol. The number of nitrogens with zero attached hydrogens (tertiary/aromatic N) is 4. The van der Waals surface area contributed by atoms with E-state index in [1.165, 1.54) is 4.90 Å². The molecule has 1 aromatic carbocycles. The largest absolute Gasteiger partial charge is 0.304 e. The molecule has 0 amide bonds. The number of piperazine rings is 1. The zero-order chi connectivity index (χ0) is 19.4. The maximum Gasteiger partial charge on any atom is 0.271 e. The van der Waals surface area contributed by atoms with Gasteiger partial charge in [-0.05, 0) is 37.4 Å². The van der Waals surface area contributed by atoms with Crippen LogP contribution in [0.5, 0.6) is 0 Å². The third-order valence-electron chi connectivity index (χ3n) is 4.96. The molecule has 0 bridgehead atoms. The molecule has 2 aromatic rings. The molecule has 146 valence electrons. The lowest BCUT2D eigenvalue weighted by Gasteiger charge is -2.32. The minimum absolute atomic E-state index is 0.0483. The van der Waals surface area contributed by atoms with Crippen LogP contribution in [0, 0.1) is 5.92 Å². The van der Waals surface area contributed by atoms with Crippen LogP contribution in [0.1, 0.15) is 19.4 Å². The molecular weight excluding hydrogens is 356 g/mol. The van der Waals surface area contributed by atoms with E-state index in [9.17, 15) is 4.79 Å². The fraction of sp³-hybridized carbons (Fsp3) is 0.524. The highest BCUT2D eigenvalue weighted by Gasteiger charge is 2.18. The summed E-state index contributed by atoms with van der Waals surface area (Å²) in [5.74, 6) is 0.376. The topological polar surface area (TPSA) is 41.4 Å². The number of hydrogen-bond acceptors (Lipinski definition) is 5. The SMILES string of the molecule is CSc1ccc(-c2cc(CN3CCN(C)CC3)c(=O)n(CC(C)C)n2)cc1. The van der Waals surface area contributed by atoms with E-state index < -0.39 is 0 Å². The Hall–Kier alpha value is -1.63. The Morgan fingerprint density at radius 2 is 1.78 bits per heavy atom. The van der Waals surface area contributed by atoms with Crippen molar-refractivity contribution in [3.8, 4) is 11.3 Å². The van der Waals surface area contributed by atoms with Gasteiger partial charge in [-0.1, -0.05) is 26.0 Å². The molecule has 0 N–H and O–H groups in total. The molecule has 0 atom stereocenters. The van der Waals surface area contributed by atoms with Crippen LogP contribution in [0.15, 0.2) is 40.0 Å². The van der Waals surface area contributed by atoms with Crippen molar-refractivity contribution in [3.63, 3.8) is 0 Å². The zero-order valence-corrected chi connectivity index (χ0v) is 17.6. The Morgan fingerprint density at radius 3 is 2.37 bits per heavy atom. The molecule has 0 aliphatic carbocycles. The summed E-state index contributed by atoms with van der Waals surface area (Å²) in [6.45, 7) is 9.68. The van der Waals surface area contributed by atoms with Crippen LogP contribution in [-0.4, -0.2) is 59.1 Å². The van der Waals surface area contributed by atoms with Crippen molar-refractivity contribution in [2.45, 2.75) is 31.8 Å². The lowest BCUT2D eigenvalue weighted by atomic mass is 10.1. The molecule has 27 heavy (non-hydrogen) atoms. The highest BCUT2D eigenvalue weighted by Crippen LogP contribution is 2.22. The summed E-state index contributed by atoms with van der Waals surface area (Å²) in [6.07, 6.45) is 2.07. The summed E-state index contributed by atoms with van der Waals surface area (Å²) < 4.78 is 1.66. The number of likely N-dealkylation sites (N-methyl/N-ethyl adjacent to an activating group) is 1. The Labute approximate surface area is 166 Å². The van der Waals surface area contributed by atoms with E-state index in [2.05, 4.69) is 66.3 Å². The van der Waals surface area contributed by atoms with Crippen molar-refractivity contribution in [2.75, 3.05) is 39.5 Å². The van der Waals surface area contributed by atoms with Gasteiger partial charge in [0.25, 0.3) is 5.56 Å². The van der Waals surface area contributed by atoms with Crippen molar-refractivity contribution in [1.82, 2.24) is 19.6 Å². The highest BCUT2D eigenvalue weighted by molar-refractivity contribution is 7.98. The number of aromatic nitrogens is 2. The standard InChI is InChI=1S/C21H30N4OS/c1-16(2)14-25-21(26)18(15-24-11-9-23(3)10-12-24)13-20(22-25)17-5-7-19(27-4)8-6-17/h5-8,13,16H,9-12,14-15H2,1-4H3. The van der Waals surface area contributed by atoms with Crippen LogP contribution in [-0.2, 0) is 13.1 Å². The van der Waals surface area contributed by atoms with E-state index in [1.54, 1.807) is 16.4 Å². The van der Waals surface area contributed by atoms with Gasteiger partial charge in [-0.2, -0.15) is 5.10 Å². The zero-order valence-electron chi connectivity index (χ0n) is 16.8. The Morgan fingerprint density at radius 1 is 1.11 bits per heavy atom. The van der Waals surface area contributed by atoms with Crippen LogP contribution in [0.2, 0.25) is 0 Å². The van der Waals surface area contributed by atoms with Gasteiger partial charge in [0.1, 0.15) is 0 Å². The summed E-state index contributed by atoms with van der Waals surface area (Å²) in [5.41, 5.74) is 2.84. The van der Waals surface area contributed by atoms with Gasteiger partial charge < -0.3 is 4.90 Å². The first-order chi connectivity index (χ1) is 13.0. The van der Waals surface area contributed by atoms with E-state index >= 15 is 0 Å². The monoisotopic (exact) mass is 386 g/mol. The first-order valence-electron chi connectivity index (χ1n) is 9.62. The first kappa shape index (κ1) is 20.1. The van der Waals surface area contributed by atoms with Gasteiger partial charge in [0.2, 0.25) is 0 Å². The molecule has 0 radical (unpaired) electrons. The van der Waals surface area contributed by atoms with Gasteiger partial charge in [-0.15, -0.1) is 11.8 Å². The van der Waals surface area contributed by atoms with E-state index in [0.29, 0.717) is 19.0 Å². The van der Waals surface area contributed by atoms with Crippen molar-refractivity contribution in [1.29, 1.82) is 0 Å². The minimum Gasteiger partial charge on any atom is -0.304 e. The smallest absolute Gasteiger partial charge is 0.271 e. The lowest BCUT2D eigenvalue weighted by molar-refractivity contribution is 0.147. The highest BCUT2D eigenvalue weighted by atomic mass is 32.2. The van der Waals surface area contributed by atoms with Gasteiger partial charge in [-0.3, -0.25) is 9.69 Å². The van der Waals surface area contributed by atoms with E-state index in [-0.39, 0.29) is 5.56 Å². The van der Waals surface area contributed by atoms with Gasteiger partial charge in [-0.25, -0.2) is 4.68 Å². The maximum atomic E-state index is 13.0. The van der Waals surface area contributed by atoms with Gasteiger partial charge in [0.05, 0.1) is 5.69 Å². The average Bonchev–Trinajstić information content (AvgIpc) is 2.66. The Bertz CT molecular complexity index is 808. The quantitative estimate of drug-likeness (QED) is 0.714. The van der Waals surface area contributed by atoms with Crippen molar-refractivity contribution in [2.24, 2.45) is 5.92 Å². The lowest BCUT2D eigenvalue weighted by Crippen LogP contribution is -2.45. The number of benzene rings is 1. The number of hydrogen-bond donors (Lipinski definition) is 0. The Kier molecular flexibility index (Phi) is 6.73.